The number of carbonyl (C=O) groups excluding carboxylic acids is 1. The van der Waals surface area contributed by atoms with Gasteiger partial charge in [0.1, 0.15) is 35.1 Å². The van der Waals surface area contributed by atoms with Crippen LogP contribution in [0.5, 0.6) is 0 Å². The van der Waals surface area contributed by atoms with Gasteiger partial charge in [0.2, 0.25) is 6.23 Å². The lowest BCUT2D eigenvalue weighted by molar-refractivity contribution is -0.336. The van der Waals surface area contributed by atoms with Crippen molar-refractivity contribution in [2.24, 2.45) is 17.8 Å². The van der Waals surface area contributed by atoms with Crippen LogP contribution < -0.4 is 10.6 Å². The Hall–Kier alpha value is -1.30. The van der Waals surface area contributed by atoms with E-state index in [1.165, 1.54) is 21.1 Å². The van der Waals surface area contributed by atoms with Crippen molar-refractivity contribution in [1.29, 1.82) is 0 Å². The summed E-state index contributed by atoms with van der Waals surface area (Å²) in [6.45, 7) is 17.9. The van der Waals surface area contributed by atoms with Crippen molar-refractivity contribution in [3.8, 4) is 0 Å². The molecule has 0 spiro atoms. The number of halogens is 3. The monoisotopic (exact) mass is 888 g/mol. The normalized spacial score (nSPS) is 47.6. The van der Waals surface area contributed by atoms with Crippen LogP contribution in [0, 0.1) is 17.8 Å². The topological polar surface area (TPSA) is 199 Å². The smallest absolute Gasteiger partial charge is 0.428 e. The third-order valence-corrected chi connectivity index (χ3v) is 13.8. The molecule has 4 fully saturated rings. The number of rotatable bonds is 11. The van der Waals surface area contributed by atoms with Crippen LogP contribution in [-0.4, -0.2) is 181 Å². The Balaban J connectivity index is 1.81. The zero-order valence-corrected chi connectivity index (χ0v) is 38.4. The molecule has 19 heteroatoms. The molecule has 358 valence electrons. The second-order valence-corrected chi connectivity index (χ2v) is 18.9. The molecule has 6 N–H and O–H groups in total. The highest BCUT2D eigenvalue weighted by Gasteiger charge is 2.60. The molecule has 4 saturated heterocycles. The maximum Gasteiger partial charge on any atom is 0.428 e. The van der Waals surface area contributed by atoms with Gasteiger partial charge in [0, 0.05) is 51.7 Å². The summed E-state index contributed by atoms with van der Waals surface area (Å²) in [6.07, 6.45) is -16.6. The van der Waals surface area contributed by atoms with E-state index in [2.05, 4.69) is 10.6 Å². The van der Waals surface area contributed by atoms with Gasteiger partial charge in [-0.25, -0.2) is 0 Å². The number of esters is 1. The standard InChI is InChI=1S/C42H76F3N3O13/c1-14-29-40(10,52)33(49)26(6)47-20-22(2)18-38(8,51)34(61-36-32-28(17-23(3)56-36)48(11)37(60-32)42(43,44)45)24(4)31(25(5)35(50)58-29)59-30-19-39(9,55-13)41(53,27(7)57-30)21-46-15-16-54-12/h22-34,36-37,46-47,49,51-53H,14-21H2,1-13H3/t22-,23-,24+,25-,26-,27+,28+,29-,30+,31+,32-,33-,34-,36+,37?,38-,39-,40-,41+/m1/s1. The molecule has 4 rings (SSSR count). The van der Waals surface area contributed by atoms with Crippen molar-refractivity contribution in [2.75, 3.05) is 47.5 Å². The van der Waals surface area contributed by atoms with Gasteiger partial charge in [-0.15, -0.1) is 0 Å². The SMILES string of the molecule is CC[C@H]1OC(=O)[C@H](C)[C@@H](O[C@H]2C[C@@](C)(OC)[C@](O)(CNCCOC)[C@H](C)O2)[C@H](C)[C@@H](O[C@@H]2O[C@H](C)C[C@H]3[C@H]2OC(C(F)(F)F)N3C)[C@](C)(O)C[C@@H](C)CN[C@H](C)[C@@H](O)[C@]1(C)O. The number of nitrogens with zero attached hydrogens (tertiary/aromatic N) is 1. The summed E-state index contributed by atoms with van der Waals surface area (Å²) >= 11 is 0. The fourth-order valence-electron chi connectivity index (χ4n) is 9.96. The zero-order valence-electron chi connectivity index (χ0n) is 38.4. The first kappa shape index (κ1) is 52.3. The second-order valence-electron chi connectivity index (χ2n) is 18.9. The number of carbonyl (C=O) groups is 1. The quantitative estimate of drug-likeness (QED) is 0.131. The number of alkyl halides is 3. The zero-order chi connectivity index (χ0) is 46.0. The van der Waals surface area contributed by atoms with Gasteiger partial charge in [-0.1, -0.05) is 20.8 Å². The number of aliphatic hydroxyl groups is 4. The molecule has 0 aliphatic carbocycles. The first-order chi connectivity index (χ1) is 28.2. The average Bonchev–Trinajstić information content (AvgIpc) is 3.52. The van der Waals surface area contributed by atoms with Crippen LogP contribution in [0.15, 0.2) is 0 Å². The van der Waals surface area contributed by atoms with Gasteiger partial charge in [-0.05, 0) is 87.2 Å². The van der Waals surface area contributed by atoms with Crippen molar-refractivity contribution in [3.05, 3.63) is 0 Å². The fraction of sp³-hybridized carbons (Fsp3) is 0.976. The van der Waals surface area contributed by atoms with Gasteiger partial charge in [0.25, 0.3) is 0 Å². The fourth-order valence-corrected chi connectivity index (χ4v) is 9.96. The van der Waals surface area contributed by atoms with E-state index in [4.69, 9.17) is 37.9 Å². The van der Waals surface area contributed by atoms with Crippen LogP contribution in [0.3, 0.4) is 0 Å². The van der Waals surface area contributed by atoms with Crippen LogP contribution in [0.1, 0.15) is 94.9 Å². The number of nitrogens with one attached hydrogen (secondary N) is 2. The number of methoxy groups -OCH3 is 2. The van der Waals surface area contributed by atoms with E-state index >= 15 is 0 Å². The minimum absolute atomic E-state index is 0.0196. The number of fused-ring (bicyclic) bond motifs is 1. The largest absolute Gasteiger partial charge is 0.459 e. The van der Waals surface area contributed by atoms with Crippen LogP contribution in [0.2, 0.25) is 0 Å². The minimum atomic E-state index is -4.70. The van der Waals surface area contributed by atoms with Crippen LogP contribution in [0.4, 0.5) is 13.2 Å². The summed E-state index contributed by atoms with van der Waals surface area (Å²) in [5, 5.41) is 54.2. The van der Waals surface area contributed by atoms with Gasteiger partial charge in [0.05, 0.1) is 42.5 Å². The highest BCUT2D eigenvalue weighted by Crippen LogP contribution is 2.45. The van der Waals surface area contributed by atoms with Crippen molar-refractivity contribution in [1.82, 2.24) is 15.5 Å². The molecule has 0 radical (unpaired) electrons. The van der Waals surface area contributed by atoms with Crippen LogP contribution in [-0.2, 0) is 42.7 Å². The molecule has 0 aromatic carbocycles. The van der Waals surface area contributed by atoms with E-state index in [9.17, 15) is 38.4 Å². The predicted molar refractivity (Wildman–Crippen MR) is 216 cm³/mol. The third-order valence-electron chi connectivity index (χ3n) is 13.8. The lowest BCUT2D eigenvalue weighted by Crippen LogP contribution is -2.70. The van der Waals surface area contributed by atoms with E-state index in [0.29, 0.717) is 13.2 Å². The Morgan fingerprint density at radius 2 is 1.64 bits per heavy atom. The van der Waals surface area contributed by atoms with E-state index in [0.717, 1.165) is 4.90 Å². The second kappa shape index (κ2) is 20.5. The molecule has 61 heavy (non-hydrogen) atoms. The van der Waals surface area contributed by atoms with Gasteiger partial charge < -0.3 is 69.0 Å². The Morgan fingerprint density at radius 3 is 2.23 bits per heavy atom. The molecular weight excluding hydrogens is 811 g/mol. The molecular formula is C42H76F3N3O13. The Kier molecular flexibility index (Phi) is 17.6. The van der Waals surface area contributed by atoms with E-state index < -0.39 is 120 Å². The van der Waals surface area contributed by atoms with Crippen LogP contribution >= 0.6 is 0 Å². The third kappa shape index (κ3) is 11.4. The molecule has 4 aliphatic rings. The summed E-state index contributed by atoms with van der Waals surface area (Å²) in [5.74, 6) is -3.21. The summed E-state index contributed by atoms with van der Waals surface area (Å²) in [6, 6.07) is -1.41. The first-order valence-electron chi connectivity index (χ1n) is 21.8. The number of aliphatic hydroxyl groups excluding tert-OH is 1. The predicted octanol–water partition coefficient (Wildman–Crippen LogP) is 2.46. The Bertz CT molecular complexity index is 1420. The number of likely N-dealkylation sites (N-methyl/N-ethyl adjacent to an activating group) is 1. The lowest BCUT2D eigenvalue weighted by atomic mass is 9.75. The Labute approximate surface area is 359 Å². The van der Waals surface area contributed by atoms with Crippen molar-refractivity contribution in [3.63, 3.8) is 0 Å². The Morgan fingerprint density at radius 1 is 0.984 bits per heavy atom. The lowest BCUT2D eigenvalue weighted by Gasteiger charge is -2.53. The summed E-state index contributed by atoms with van der Waals surface area (Å²) in [5.41, 5.74) is -6.46. The van der Waals surface area contributed by atoms with Crippen molar-refractivity contribution < 1.29 is 76.3 Å². The van der Waals surface area contributed by atoms with Crippen LogP contribution in [0.25, 0.3) is 0 Å². The molecule has 19 atom stereocenters. The number of cyclic esters (lactones) is 1. The summed E-state index contributed by atoms with van der Waals surface area (Å²) < 4.78 is 91.6. The van der Waals surface area contributed by atoms with E-state index in [-0.39, 0.29) is 44.7 Å². The molecule has 4 heterocycles. The first-order valence-corrected chi connectivity index (χ1v) is 21.8. The number of hydrogen-bond donors (Lipinski definition) is 6. The highest BCUT2D eigenvalue weighted by molar-refractivity contribution is 5.73. The molecule has 0 aromatic heterocycles. The van der Waals surface area contributed by atoms with Gasteiger partial charge >= 0.3 is 12.1 Å². The molecule has 4 aliphatic heterocycles. The van der Waals surface area contributed by atoms with Crippen molar-refractivity contribution >= 4 is 5.97 Å². The molecule has 0 aromatic rings. The van der Waals surface area contributed by atoms with Gasteiger partial charge in [-0.3, -0.25) is 9.69 Å². The molecule has 0 saturated carbocycles. The number of hydrogen-bond acceptors (Lipinski definition) is 16. The maximum atomic E-state index is 14.4. The van der Waals surface area contributed by atoms with E-state index in [1.54, 1.807) is 62.5 Å². The van der Waals surface area contributed by atoms with Gasteiger partial charge in [-0.2, -0.15) is 13.2 Å². The van der Waals surface area contributed by atoms with E-state index in [1.807, 2.05) is 6.92 Å². The van der Waals surface area contributed by atoms with Crippen molar-refractivity contribution in [2.45, 2.75) is 197 Å². The highest BCUT2D eigenvalue weighted by atomic mass is 19.4. The minimum Gasteiger partial charge on any atom is -0.459 e. The molecule has 0 bridgehead atoms. The number of ether oxygens (including phenoxy) is 8. The molecule has 1 unspecified atom stereocenters. The summed E-state index contributed by atoms with van der Waals surface area (Å²) in [7, 11) is 4.39. The van der Waals surface area contributed by atoms with Gasteiger partial charge in [0.15, 0.2) is 12.6 Å². The maximum absolute atomic E-state index is 14.4. The molecule has 16 nitrogen and oxygen atoms in total. The molecule has 0 amide bonds. The average molecular weight is 888 g/mol. The summed E-state index contributed by atoms with van der Waals surface area (Å²) in [4.78, 5) is 15.5.